The number of nitrogens with one attached hydrogen (secondary N) is 1. The van der Waals surface area contributed by atoms with Gasteiger partial charge in [-0.15, -0.1) is 0 Å². The highest BCUT2D eigenvalue weighted by atomic mass is 16.3. The van der Waals surface area contributed by atoms with Gasteiger partial charge in [0.05, 0.1) is 29.9 Å². The van der Waals surface area contributed by atoms with Crippen LogP contribution in [0.15, 0.2) is 18.5 Å². The second-order valence-electron chi connectivity index (χ2n) is 3.92. The molecular weight excluding hydrogens is 190 g/mol. The van der Waals surface area contributed by atoms with Crippen LogP contribution in [0.5, 0.6) is 0 Å². The molecule has 1 fully saturated rings. The van der Waals surface area contributed by atoms with Gasteiger partial charge in [0.1, 0.15) is 0 Å². The molecule has 0 aliphatic carbocycles. The van der Waals surface area contributed by atoms with E-state index in [-0.39, 0.29) is 6.10 Å². The standard InChI is InChI=1S/C11H17N3O/c1-12-9-5-10(7-13-6-9)14-4-2-3-11(15)8-14/h5-7,11-12,15H,2-4,8H2,1H3. The summed E-state index contributed by atoms with van der Waals surface area (Å²) in [6, 6.07) is 2.06. The van der Waals surface area contributed by atoms with Crippen molar-refractivity contribution in [3.8, 4) is 0 Å². The molecule has 0 saturated carbocycles. The van der Waals surface area contributed by atoms with Crippen LogP contribution in [0.2, 0.25) is 0 Å². The van der Waals surface area contributed by atoms with Crippen LogP contribution in [-0.2, 0) is 0 Å². The molecule has 0 bridgehead atoms. The lowest BCUT2D eigenvalue weighted by atomic mass is 10.1. The number of β-amino-alcohol motifs (C(OH)–C–C–N with tert-alkyl or cyclic N) is 1. The first-order valence-electron chi connectivity index (χ1n) is 5.35. The van der Waals surface area contributed by atoms with Crippen LogP contribution in [0, 0.1) is 0 Å². The Kier molecular flexibility index (Phi) is 3.06. The summed E-state index contributed by atoms with van der Waals surface area (Å²) in [6.07, 6.45) is 5.40. The van der Waals surface area contributed by atoms with E-state index in [4.69, 9.17) is 0 Å². The molecule has 1 unspecified atom stereocenters. The molecule has 1 aliphatic rings. The highest BCUT2D eigenvalue weighted by molar-refractivity contribution is 5.55. The predicted octanol–water partition coefficient (Wildman–Crippen LogP) is 1.08. The van der Waals surface area contributed by atoms with Crippen molar-refractivity contribution < 1.29 is 5.11 Å². The van der Waals surface area contributed by atoms with Crippen LogP contribution in [0.1, 0.15) is 12.8 Å². The number of pyridine rings is 1. The third-order valence-corrected chi connectivity index (χ3v) is 2.77. The Morgan fingerprint density at radius 1 is 1.53 bits per heavy atom. The molecule has 82 valence electrons. The lowest BCUT2D eigenvalue weighted by molar-refractivity contribution is 0.154. The van der Waals surface area contributed by atoms with Crippen LogP contribution in [-0.4, -0.2) is 36.3 Å². The van der Waals surface area contributed by atoms with Gasteiger partial charge in [-0.1, -0.05) is 0 Å². The topological polar surface area (TPSA) is 48.4 Å². The third kappa shape index (κ3) is 2.39. The maximum absolute atomic E-state index is 9.59. The zero-order valence-electron chi connectivity index (χ0n) is 8.98. The van der Waals surface area contributed by atoms with E-state index in [2.05, 4.69) is 21.3 Å². The number of rotatable bonds is 2. The Morgan fingerprint density at radius 2 is 2.40 bits per heavy atom. The van der Waals surface area contributed by atoms with Crippen LogP contribution in [0.3, 0.4) is 0 Å². The van der Waals surface area contributed by atoms with Gasteiger partial charge >= 0.3 is 0 Å². The molecule has 15 heavy (non-hydrogen) atoms. The molecule has 1 saturated heterocycles. The summed E-state index contributed by atoms with van der Waals surface area (Å²) >= 11 is 0. The van der Waals surface area contributed by atoms with Gasteiger partial charge in [-0.05, 0) is 18.9 Å². The fourth-order valence-electron chi connectivity index (χ4n) is 1.93. The summed E-state index contributed by atoms with van der Waals surface area (Å²) in [5.74, 6) is 0. The molecule has 4 nitrogen and oxygen atoms in total. The highest BCUT2D eigenvalue weighted by Crippen LogP contribution is 2.21. The molecule has 1 aromatic rings. The maximum Gasteiger partial charge on any atom is 0.0715 e. The summed E-state index contributed by atoms with van der Waals surface area (Å²) in [7, 11) is 1.88. The minimum Gasteiger partial charge on any atom is -0.391 e. The smallest absolute Gasteiger partial charge is 0.0715 e. The molecule has 0 spiro atoms. The average Bonchev–Trinajstić information content (AvgIpc) is 2.29. The zero-order valence-corrected chi connectivity index (χ0v) is 8.98. The number of aromatic nitrogens is 1. The van der Waals surface area contributed by atoms with Crippen LogP contribution < -0.4 is 10.2 Å². The fourth-order valence-corrected chi connectivity index (χ4v) is 1.93. The van der Waals surface area contributed by atoms with E-state index in [9.17, 15) is 5.11 Å². The van der Waals surface area contributed by atoms with Gasteiger partial charge in [-0.25, -0.2) is 0 Å². The quantitative estimate of drug-likeness (QED) is 0.762. The summed E-state index contributed by atoms with van der Waals surface area (Å²) in [4.78, 5) is 6.35. The minimum atomic E-state index is -0.197. The van der Waals surface area contributed by atoms with Crippen molar-refractivity contribution in [2.75, 3.05) is 30.4 Å². The molecule has 2 rings (SSSR count). The van der Waals surface area contributed by atoms with Crippen molar-refractivity contribution in [3.05, 3.63) is 18.5 Å². The molecular formula is C11H17N3O. The van der Waals surface area contributed by atoms with E-state index in [1.165, 1.54) is 0 Å². The van der Waals surface area contributed by atoms with Crippen molar-refractivity contribution in [1.29, 1.82) is 0 Å². The zero-order chi connectivity index (χ0) is 10.7. The van der Waals surface area contributed by atoms with Crippen LogP contribution in [0.25, 0.3) is 0 Å². The molecule has 0 radical (unpaired) electrons. The van der Waals surface area contributed by atoms with E-state index >= 15 is 0 Å². The van der Waals surface area contributed by atoms with Gasteiger partial charge in [0.25, 0.3) is 0 Å². The van der Waals surface area contributed by atoms with Gasteiger partial charge < -0.3 is 15.3 Å². The third-order valence-electron chi connectivity index (χ3n) is 2.77. The largest absolute Gasteiger partial charge is 0.391 e. The fraction of sp³-hybridized carbons (Fsp3) is 0.545. The average molecular weight is 207 g/mol. The van der Waals surface area contributed by atoms with Crippen molar-refractivity contribution >= 4 is 11.4 Å². The number of hydrogen-bond acceptors (Lipinski definition) is 4. The van der Waals surface area contributed by atoms with E-state index in [0.717, 1.165) is 37.3 Å². The summed E-state index contributed by atoms with van der Waals surface area (Å²) in [6.45, 7) is 1.72. The first kappa shape index (κ1) is 10.2. The Hall–Kier alpha value is -1.29. The van der Waals surface area contributed by atoms with Gasteiger partial charge in [0.15, 0.2) is 0 Å². The SMILES string of the molecule is CNc1cncc(N2CCCC(O)C2)c1. The first-order valence-corrected chi connectivity index (χ1v) is 5.35. The second kappa shape index (κ2) is 4.49. The molecule has 0 amide bonds. The van der Waals surface area contributed by atoms with E-state index in [0.29, 0.717) is 0 Å². The van der Waals surface area contributed by atoms with Crippen molar-refractivity contribution in [2.24, 2.45) is 0 Å². The highest BCUT2D eigenvalue weighted by Gasteiger charge is 2.18. The molecule has 1 aliphatic heterocycles. The van der Waals surface area contributed by atoms with Crippen LogP contribution in [0.4, 0.5) is 11.4 Å². The number of piperidine rings is 1. The van der Waals surface area contributed by atoms with Gasteiger partial charge in [-0.3, -0.25) is 4.98 Å². The number of anilines is 2. The van der Waals surface area contributed by atoms with Gasteiger partial charge in [0.2, 0.25) is 0 Å². The van der Waals surface area contributed by atoms with E-state index in [1.807, 2.05) is 13.2 Å². The number of aliphatic hydroxyl groups is 1. The molecule has 2 N–H and O–H groups in total. The summed E-state index contributed by atoms with van der Waals surface area (Å²) in [5.41, 5.74) is 2.09. The first-order chi connectivity index (χ1) is 7.29. The molecule has 0 aromatic carbocycles. The van der Waals surface area contributed by atoms with E-state index < -0.39 is 0 Å². The summed E-state index contributed by atoms with van der Waals surface area (Å²) < 4.78 is 0. The van der Waals surface area contributed by atoms with Gasteiger partial charge in [0, 0.05) is 20.1 Å². The lowest BCUT2D eigenvalue weighted by Crippen LogP contribution is -2.38. The van der Waals surface area contributed by atoms with Crippen molar-refractivity contribution in [3.63, 3.8) is 0 Å². The lowest BCUT2D eigenvalue weighted by Gasteiger charge is -2.31. The van der Waals surface area contributed by atoms with Gasteiger partial charge in [-0.2, -0.15) is 0 Å². The summed E-state index contributed by atoms with van der Waals surface area (Å²) in [5, 5.41) is 12.7. The molecule has 2 heterocycles. The van der Waals surface area contributed by atoms with E-state index in [1.54, 1.807) is 6.20 Å². The Bertz CT molecular complexity index is 329. The van der Waals surface area contributed by atoms with Crippen molar-refractivity contribution in [1.82, 2.24) is 4.98 Å². The number of aliphatic hydroxyl groups excluding tert-OH is 1. The predicted molar refractivity (Wildman–Crippen MR) is 61.2 cm³/mol. The number of hydrogen-bond donors (Lipinski definition) is 2. The Morgan fingerprint density at radius 3 is 3.13 bits per heavy atom. The van der Waals surface area contributed by atoms with Crippen LogP contribution >= 0.6 is 0 Å². The molecule has 1 aromatic heterocycles. The monoisotopic (exact) mass is 207 g/mol. The Balaban J connectivity index is 2.13. The molecule has 1 atom stereocenters. The van der Waals surface area contributed by atoms with Crippen molar-refractivity contribution in [2.45, 2.75) is 18.9 Å². The normalized spacial score (nSPS) is 21.5. The maximum atomic E-state index is 9.59. The second-order valence-corrected chi connectivity index (χ2v) is 3.92. The number of nitrogens with zero attached hydrogens (tertiary/aromatic N) is 2. The minimum absolute atomic E-state index is 0.197. The Labute approximate surface area is 89.9 Å². The molecule has 4 heteroatoms.